The predicted molar refractivity (Wildman–Crippen MR) is 101 cm³/mol. The Kier molecular flexibility index (Phi) is 5.36. The van der Waals surface area contributed by atoms with Crippen molar-refractivity contribution < 1.29 is 0 Å². The van der Waals surface area contributed by atoms with Gasteiger partial charge in [0.1, 0.15) is 0 Å². The second kappa shape index (κ2) is 7.49. The van der Waals surface area contributed by atoms with Crippen LogP contribution in [-0.4, -0.2) is 33.6 Å². The highest BCUT2D eigenvalue weighted by molar-refractivity contribution is 7.10. The highest BCUT2D eigenvalue weighted by atomic mass is 35.5. The van der Waals surface area contributed by atoms with E-state index in [0.717, 1.165) is 19.6 Å². The van der Waals surface area contributed by atoms with Gasteiger partial charge in [0, 0.05) is 54.2 Å². The van der Waals surface area contributed by atoms with Crippen LogP contribution in [0.25, 0.3) is 5.69 Å². The summed E-state index contributed by atoms with van der Waals surface area (Å²) in [5, 5.41) is 2.18. The molecular formula is C18H21ClN4S. The zero-order valence-electron chi connectivity index (χ0n) is 13.3. The Morgan fingerprint density at radius 2 is 2.04 bits per heavy atom. The van der Waals surface area contributed by atoms with Gasteiger partial charge >= 0.3 is 0 Å². The van der Waals surface area contributed by atoms with Gasteiger partial charge in [-0.15, -0.1) is 23.7 Å². The van der Waals surface area contributed by atoms with Gasteiger partial charge in [0.15, 0.2) is 0 Å². The summed E-state index contributed by atoms with van der Waals surface area (Å²) in [6.07, 6.45) is 5.62. The van der Waals surface area contributed by atoms with Gasteiger partial charge in [-0.3, -0.25) is 4.90 Å². The first-order valence-electron chi connectivity index (χ1n) is 7.88. The molecule has 3 aromatic rings. The molecule has 4 rings (SSSR count). The standard InChI is InChI=1S/C18H20N4S.ClH/c19-18-11-21(10-17(18)14-4-2-1-3-5-14)9-16-8-15(12-23-16)22-7-6-20-13-22;/h1-8,12-13,17-18H,9-11,19H2;1H/t17-,18+;/m0./s1. The van der Waals surface area contributed by atoms with Crippen molar-refractivity contribution in [2.75, 3.05) is 13.1 Å². The predicted octanol–water partition coefficient (Wildman–Crippen LogP) is 3.28. The van der Waals surface area contributed by atoms with Crippen LogP contribution in [0.3, 0.4) is 0 Å². The normalized spacial score (nSPS) is 20.9. The van der Waals surface area contributed by atoms with Crippen molar-refractivity contribution in [2.45, 2.75) is 18.5 Å². The minimum atomic E-state index is 0. The number of benzene rings is 1. The molecule has 2 atom stereocenters. The van der Waals surface area contributed by atoms with Gasteiger partial charge in [0.2, 0.25) is 0 Å². The lowest BCUT2D eigenvalue weighted by molar-refractivity contribution is 0.327. The molecule has 0 unspecified atom stereocenters. The third-order valence-electron chi connectivity index (χ3n) is 4.49. The van der Waals surface area contributed by atoms with Crippen LogP contribution >= 0.6 is 23.7 Å². The van der Waals surface area contributed by atoms with Crippen LogP contribution in [0.4, 0.5) is 0 Å². The first-order chi connectivity index (χ1) is 11.3. The molecule has 0 amide bonds. The quantitative estimate of drug-likeness (QED) is 0.776. The summed E-state index contributed by atoms with van der Waals surface area (Å²) in [5.74, 6) is 0.435. The number of likely N-dealkylation sites (tertiary alicyclic amines) is 1. The number of hydrogen-bond donors (Lipinski definition) is 1. The van der Waals surface area contributed by atoms with Crippen molar-refractivity contribution >= 4 is 23.7 Å². The van der Waals surface area contributed by atoms with E-state index in [0.29, 0.717) is 5.92 Å². The zero-order valence-corrected chi connectivity index (χ0v) is 14.9. The molecule has 1 aromatic carbocycles. The number of aromatic nitrogens is 2. The Bertz CT molecular complexity index is 756. The molecule has 1 saturated heterocycles. The highest BCUT2D eigenvalue weighted by Gasteiger charge is 2.31. The molecule has 3 heterocycles. The van der Waals surface area contributed by atoms with Crippen LogP contribution in [0.1, 0.15) is 16.4 Å². The molecule has 1 fully saturated rings. The molecule has 0 saturated carbocycles. The van der Waals surface area contributed by atoms with Crippen LogP contribution in [0.5, 0.6) is 0 Å². The summed E-state index contributed by atoms with van der Waals surface area (Å²) in [5.41, 5.74) is 8.93. The van der Waals surface area contributed by atoms with E-state index in [-0.39, 0.29) is 18.4 Å². The van der Waals surface area contributed by atoms with Crippen LogP contribution in [0, 0.1) is 0 Å². The lowest BCUT2D eigenvalue weighted by atomic mass is 9.95. The van der Waals surface area contributed by atoms with Gasteiger partial charge in [-0.1, -0.05) is 30.3 Å². The smallest absolute Gasteiger partial charge is 0.0991 e. The van der Waals surface area contributed by atoms with Crippen LogP contribution in [-0.2, 0) is 6.54 Å². The van der Waals surface area contributed by atoms with Gasteiger partial charge in [0.05, 0.1) is 12.0 Å². The fourth-order valence-electron chi connectivity index (χ4n) is 3.32. The van der Waals surface area contributed by atoms with Crippen molar-refractivity contribution in [3.63, 3.8) is 0 Å². The molecule has 24 heavy (non-hydrogen) atoms. The topological polar surface area (TPSA) is 47.1 Å². The Morgan fingerprint density at radius 1 is 1.21 bits per heavy atom. The largest absolute Gasteiger partial charge is 0.326 e. The number of thiophene rings is 1. The Labute approximate surface area is 152 Å². The van der Waals surface area contributed by atoms with Gasteiger partial charge in [0.25, 0.3) is 0 Å². The van der Waals surface area contributed by atoms with Gasteiger partial charge in [-0.2, -0.15) is 0 Å². The third kappa shape index (κ3) is 3.54. The van der Waals surface area contributed by atoms with E-state index in [9.17, 15) is 0 Å². The molecule has 6 heteroatoms. The summed E-state index contributed by atoms with van der Waals surface area (Å²) < 4.78 is 2.04. The number of nitrogens with zero attached hydrogens (tertiary/aromatic N) is 3. The summed E-state index contributed by atoms with van der Waals surface area (Å²) in [6, 6.07) is 13.1. The van der Waals surface area contributed by atoms with Gasteiger partial charge < -0.3 is 10.3 Å². The molecule has 2 N–H and O–H groups in total. The van der Waals surface area contributed by atoms with Crippen molar-refractivity contribution in [2.24, 2.45) is 5.73 Å². The van der Waals surface area contributed by atoms with Crippen LogP contribution in [0.2, 0.25) is 0 Å². The maximum Gasteiger partial charge on any atom is 0.0991 e. The molecular weight excluding hydrogens is 340 g/mol. The lowest BCUT2D eigenvalue weighted by Crippen LogP contribution is -2.28. The van der Waals surface area contributed by atoms with Crippen LogP contribution < -0.4 is 5.73 Å². The fourth-order valence-corrected chi connectivity index (χ4v) is 4.22. The molecule has 126 valence electrons. The highest BCUT2D eigenvalue weighted by Crippen LogP contribution is 2.29. The minimum Gasteiger partial charge on any atom is -0.326 e. The zero-order chi connectivity index (χ0) is 15.6. The summed E-state index contributed by atoms with van der Waals surface area (Å²) in [7, 11) is 0. The first kappa shape index (κ1) is 17.2. The maximum atomic E-state index is 6.39. The summed E-state index contributed by atoms with van der Waals surface area (Å²) in [4.78, 5) is 7.94. The third-order valence-corrected chi connectivity index (χ3v) is 5.40. The summed E-state index contributed by atoms with van der Waals surface area (Å²) in [6.45, 7) is 2.96. The van der Waals surface area contributed by atoms with E-state index in [2.05, 4.69) is 51.7 Å². The summed E-state index contributed by atoms with van der Waals surface area (Å²) >= 11 is 1.80. The van der Waals surface area contributed by atoms with E-state index < -0.39 is 0 Å². The maximum absolute atomic E-state index is 6.39. The molecule has 0 bridgehead atoms. The Hall–Kier alpha value is -1.66. The monoisotopic (exact) mass is 360 g/mol. The number of hydrogen-bond acceptors (Lipinski definition) is 4. The number of rotatable bonds is 4. The molecule has 0 radical (unpaired) electrons. The molecule has 0 aliphatic carbocycles. The first-order valence-corrected chi connectivity index (χ1v) is 8.76. The molecule has 0 spiro atoms. The molecule has 4 nitrogen and oxygen atoms in total. The molecule has 1 aliphatic heterocycles. The Balaban J connectivity index is 0.00000169. The second-order valence-corrected chi connectivity index (χ2v) is 7.11. The van der Waals surface area contributed by atoms with Crippen molar-refractivity contribution in [3.8, 4) is 5.69 Å². The van der Waals surface area contributed by atoms with E-state index >= 15 is 0 Å². The number of imidazole rings is 1. The van der Waals surface area contributed by atoms with E-state index in [4.69, 9.17) is 5.73 Å². The average molecular weight is 361 g/mol. The molecule has 1 aliphatic rings. The average Bonchev–Trinajstić information content (AvgIpc) is 3.29. The lowest BCUT2D eigenvalue weighted by Gasteiger charge is -2.15. The van der Waals surface area contributed by atoms with Crippen LogP contribution in [0.15, 0.2) is 60.5 Å². The second-order valence-electron chi connectivity index (χ2n) is 6.12. The molecule has 2 aromatic heterocycles. The Morgan fingerprint density at radius 3 is 2.79 bits per heavy atom. The van der Waals surface area contributed by atoms with Crippen molar-refractivity contribution in [3.05, 3.63) is 70.9 Å². The van der Waals surface area contributed by atoms with E-state index in [1.807, 2.05) is 17.1 Å². The number of halogens is 1. The number of nitrogens with two attached hydrogens (primary N) is 1. The van der Waals surface area contributed by atoms with Gasteiger partial charge in [-0.25, -0.2) is 4.98 Å². The van der Waals surface area contributed by atoms with E-state index in [1.54, 1.807) is 17.5 Å². The fraction of sp³-hybridized carbons (Fsp3) is 0.278. The van der Waals surface area contributed by atoms with E-state index in [1.165, 1.54) is 16.1 Å². The van der Waals surface area contributed by atoms with Gasteiger partial charge in [-0.05, 0) is 11.6 Å². The minimum absolute atomic E-state index is 0. The van der Waals surface area contributed by atoms with Crippen molar-refractivity contribution in [1.29, 1.82) is 0 Å². The van der Waals surface area contributed by atoms with Crippen molar-refractivity contribution in [1.82, 2.24) is 14.5 Å². The SMILES string of the molecule is Cl.N[C@@H]1CN(Cc2cc(-n3ccnc3)cs2)C[C@H]1c1ccccc1.